The van der Waals surface area contributed by atoms with E-state index in [1.807, 2.05) is 37.3 Å². The van der Waals surface area contributed by atoms with E-state index in [-0.39, 0.29) is 18.6 Å². The van der Waals surface area contributed by atoms with Crippen molar-refractivity contribution in [3.63, 3.8) is 0 Å². The van der Waals surface area contributed by atoms with Crippen molar-refractivity contribution in [3.05, 3.63) is 42.0 Å². The number of morpholine rings is 1. The Labute approximate surface area is 211 Å². The molecule has 0 bridgehead atoms. The zero-order valence-electron chi connectivity index (χ0n) is 20.3. The molecule has 1 spiro atoms. The van der Waals surface area contributed by atoms with E-state index in [0.29, 0.717) is 30.0 Å². The third kappa shape index (κ3) is 5.91. The molecule has 5 rings (SSSR count). The molecule has 1 atom stereocenters. The average molecular weight is 498 g/mol. The number of anilines is 3. The lowest BCUT2D eigenvalue weighted by atomic mass is 9.93. The van der Waals surface area contributed by atoms with Gasteiger partial charge in [0.25, 0.3) is 5.91 Å². The molecular formula is C26H35N5O3S. The van der Waals surface area contributed by atoms with Crippen LogP contribution in [0.4, 0.5) is 17.3 Å². The van der Waals surface area contributed by atoms with Crippen LogP contribution in [-0.2, 0) is 4.74 Å². The van der Waals surface area contributed by atoms with Gasteiger partial charge in [-0.3, -0.25) is 9.52 Å². The van der Waals surface area contributed by atoms with E-state index >= 15 is 0 Å². The number of ether oxygens (including phenoxy) is 1. The Morgan fingerprint density at radius 3 is 2.60 bits per heavy atom. The molecule has 1 amide bonds. The zero-order valence-corrected chi connectivity index (χ0v) is 21.1. The fourth-order valence-electron chi connectivity index (χ4n) is 4.78. The van der Waals surface area contributed by atoms with Crippen molar-refractivity contribution in [1.29, 1.82) is 0 Å². The van der Waals surface area contributed by atoms with Crippen molar-refractivity contribution in [3.8, 4) is 0 Å². The van der Waals surface area contributed by atoms with Gasteiger partial charge in [-0.15, -0.1) is 0 Å². The molecule has 1 unspecified atom stereocenters. The molecule has 1 saturated carbocycles. The summed E-state index contributed by atoms with van der Waals surface area (Å²) >= 11 is 1.49. The van der Waals surface area contributed by atoms with Crippen LogP contribution in [0.2, 0.25) is 0 Å². The molecule has 2 aromatic rings. The minimum Gasteiger partial charge on any atom is -0.395 e. The van der Waals surface area contributed by atoms with Gasteiger partial charge in [0, 0.05) is 37.1 Å². The highest BCUT2D eigenvalue weighted by molar-refractivity contribution is 7.97. The lowest BCUT2D eigenvalue weighted by Gasteiger charge is -2.35. The minimum atomic E-state index is -0.147. The number of nitrogens with one attached hydrogen (secondary N) is 2. The van der Waals surface area contributed by atoms with Gasteiger partial charge in [-0.25, -0.2) is 4.98 Å². The highest BCUT2D eigenvalue weighted by Gasteiger charge is 2.44. The van der Waals surface area contributed by atoms with E-state index < -0.39 is 0 Å². The lowest BCUT2D eigenvalue weighted by Crippen LogP contribution is -2.37. The van der Waals surface area contributed by atoms with E-state index in [2.05, 4.69) is 25.9 Å². The van der Waals surface area contributed by atoms with Gasteiger partial charge >= 0.3 is 0 Å². The molecule has 8 nitrogen and oxygen atoms in total. The van der Waals surface area contributed by atoms with Gasteiger partial charge in [0.05, 0.1) is 31.1 Å². The van der Waals surface area contributed by atoms with Crippen LogP contribution in [0.1, 0.15) is 43.0 Å². The normalized spacial score (nSPS) is 20.1. The third-order valence-corrected chi connectivity index (χ3v) is 8.31. The van der Waals surface area contributed by atoms with Crippen molar-refractivity contribution in [2.45, 2.75) is 43.5 Å². The number of carbonyl (C=O) groups is 1. The maximum Gasteiger partial charge on any atom is 0.258 e. The summed E-state index contributed by atoms with van der Waals surface area (Å²) in [5.74, 6) is 1.26. The Hall–Kier alpha value is -2.33. The molecule has 35 heavy (non-hydrogen) atoms. The first kappa shape index (κ1) is 24.4. The van der Waals surface area contributed by atoms with E-state index in [1.54, 1.807) is 0 Å². The number of nitrogens with zero attached hydrogens (tertiary/aromatic N) is 3. The number of hydrogen-bond acceptors (Lipinski definition) is 8. The Morgan fingerprint density at radius 2 is 1.89 bits per heavy atom. The Morgan fingerprint density at radius 1 is 1.11 bits per heavy atom. The second-order valence-electron chi connectivity index (χ2n) is 9.90. The smallest absolute Gasteiger partial charge is 0.258 e. The highest BCUT2D eigenvalue weighted by atomic mass is 32.2. The predicted octanol–water partition coefficient (Wildman–Crippen LogP) is 3.53. The zero-order chi connectivity index (χ0) is 24.3. The summed E-state index contributed by atoms with van der Waals surface area (Å²) in [6, 6.07) is 11.7. The van der Waals surface area contributed by atoms with E-state index in [4.69, 9.17) is 9.72 Å². The van der Waals surface area contributed by atoms with Crippen LogP contribution in [0, 0.1) is 5.41 Å². The number of hydrogen-bond donors (Lipinski definition) is 3. The number of carbonyl (C=O) groups excluding carboxylic acids is 1. The van der Waals surface area contributed by atoms with Gasteiger partial charge in [-0.2, -0.15) is 0 Å². The van der Waals surface area contributed by atoms with Crippen molar-refractivity contribution >= 4 is 35.2 Å². The number of aliphatic hydroxyl groups is 1. The molecule has 2 saturated heterocycles. The number of aromatic nitrogens is 1. The fraction of sp³-hybridized carbons (Fsp3) is 0.538. The molecule has 1 aliphatic carbocycles. The van der Waals surface area contributed by atoms with Crippen molar-refractivity contribution < 1.29 is 14.6 Å². The van der Waals surface area contributed by atoms with Gasteiger partial charge in [0.1, 0.15) is 11.6 Å². The van der Waals surface area contributed by atoms with E-state index in [0.717, 1.165) is 42.6 Å². The van der Waals surface area contributed by atoms with Crippen molar-refractivity contribution in [2.75, 3.05) is 61.1 Å². The molecule has 3 aliphatic rings. The summed E-state index contributed by atoms with van der Waals surface area (Å²) in [7, 11) is 0. The summed E-state index contributed by atoms with van der Waals surface area (Å²) in [5.41, 5.74) is 2.19. The molecule has 9 heteroatoms. The monoisotopic (exact) mass is 497 g/mol. The molecule has 3 heterocycles. The van der Waals surface area contributed by atoms with Crippen LogP contribution >= 0.6 is 11.9 Å². The molecule has 0 radical (unpaired) electrons. The second kappa shape index (κ2) is 10.7. The number of amides is 1. The molecular weight excluding hydrogens is 462 g/mol. The van der Waals surface area contributed by atoms with Crippen LogP contribution in [0.25, 0.3) is 0 Å². The highest BCUT2D eigenvalue weighted by Crippen LogP contribution is 2.54. The third-order valence-electron chi connectivity index (χ3n) is 7.30. The fourth-order valence-corrected chi connectivity index (χ4v) is 5.50. The minimum absolute atomic E-state index is 0.0130. The first-order valence-electron chi connectivity index (χ1n) is 12.6. The summed E-state index contributed by atoms with van der Waals surface area (Å²) < 4.78 is 8.70. The number of benzene rings is 1. The molecule has 3 fully saturated rings. The Kier molecular flexibility index (Phi) is 7.48. The van der Waals surface area contributed by atoms with Crippen LogP contribution in [0.3, 0.4) is 0 Å². The SMILES string of the molecule is CC(CO)NSc1ccc(C(=O)Nc2cccc(N3CCOCC3)n2)c(N2CCC3(CC2)CC3)c1. The average Bonchev–Trinajstić information content (AvgIpc) is 3.66. The number of pyridine rings is 1. The predicted molar refractivity (Wildman–Crippen MR) is 140 cm³/mol. The largest absolute Gasteiger partial charge is 0.395 e. The summed E-state index contributed by atoms with van der Waals surface area (Å²) in [6.07, 6.45) is 5.07. The van der Waals surface area contributed by atoms with Crippen molar-refractivity contribution in [2.24, 2.45) is 5.41 Å². The molecule has 188 valence electrons. The van der Waals surface area contributed by atoms with Crippen LogP contribution in [0.5, 0.6) is 0 Å². The first-order chi connectivity index (χ1) is 17.0. The van der Waals surface area contributed by atoms with Crippen LogP contribution in [-0.4, -0.2) is 68.0 Å². The molecule has 1 aromatic heterocycles. The molecule has 2 aliphatic heterocycles. The van der Waals surface area contributed by atoms with Gasteiger partial charge < -0.3 is 25.0 Å². The van der Waals surface area contributed by atoms with Crippen molar-refractivity contribution in [1.82, 2.24) is 9.71 Å². The molecule has 3 N–H and O–H groups in total. The van der Waals surface area contributed by atoms with Gasteiger partial charge in [0.15, 0.2) is 0 Å². The van der Waals surface area contributed by atoms with Gasteiger partial charge in [-0.1, -0.05) is 6.07 Å². The first-order valence-corrected chi connectivity index (χ1v) is 13.4. The van der Waals surface area contributed by atoms with Crippen LogP contribution in [0.15, 0.2) is 41.3 Å². The number of aliphatic hydroxyl groups excluding tert-OH is 1. The summed E-state index contributed by atoms with van der Waals surface area (Å²) in [6.45, 7) is 6.93. The van der Waals surface area contributed by atoms with E-state index in [1.165, 1.54) is 37.6 Å². The standard InChI is InChI=1S/C26H35N5O3S/c1-19(18-32)29-35-20-5-6-21(22(17-20)30-11-9-26(7-8-26)10-12-30)25(33)28-23-3-2-4-24(27-23)31-13-15-34-16-14-31/h2-6,17,19,29,32H,7-16,18H2,1H3,(H,27,28,33). The maximum atomic E-state index is 13.5. The Balaban J connectivity index is 1.35. The lowest BCUT2D eigenvalue weighted by molar-refractivity contribution is 0.102. The second-order valence-corrected chi connectivity index (χ2v) is 10.8. The topological polar surface area (TPSA) is 90.0 Å². The summed E-state index contributed by atoms with van der Waals surface area (Å²) in [5, 5.41) is 12.4. The van der Waals surface area contributed by atoms with Gasteiger partial charge in [-0.05, 0) is 80.3 Å². The summed E-state index contributed by atoms with van der Waals surface area (Å²) in [4.78, 5) is 23.7. The van der Waals surface area contributed by atoms with Gasteiger partial charge in [0.2, 0.25) is 0 Å². The van der Waals surface area contributed by atoms with E-state index in [9.17, 15) is 9.90 Å². The number of piperidine rings is 1. The quantitative estimate of drug-likeness (QED) is 0.478. The molecule has 1 aromatic carbocycles. The number of rotatable bonds is 8. The Bertz CT molecular complexity index is 1030. The maximum absolute atomic E-state index is 13.5. The van der Waals surface area contributed by atoms with Crippen LogP contribution < -0.4 is 19.8 Å².